The molecule has 0 fully saturated rings. The molecule has 0 amide bonds. The molecule has 3 aromatic carbocycles. The maximum absolute atomic E-state index is 12.9. The highest BCUT2D eigenvalue weighted by Gasteiger charge is 2.17. The Bertz CT molecular complexity index is 1320. The summed E-state index contributed by atoms with van der Waals surface area (Å²) in [4.78, 5) is 36.8. The smallest absolute Gasteiger partial charge is 0.347 e. The minimum Gasteiger partial charge on any atom is -0.497 e. The molecule has 0 saturated carbocycles. The van der Waals surface area contributed by atoms with Crippen LogP contribution in [0, 0.1) is 0 Å². The van der Waals surface area contributed by atoms with Crippen LogP contribution in [0.15, 0.2) is 79.0 Å². The lowest BCUT2D eigenvalue weighted by molar-refractivity contribution is -0.131. The van der Waals surface area contributed by atoms with Crippen LogP contribution in [-0.2, 0) is 4.79 Å². The molecule has 0 unspecified atom stereocenters. The number of hydrogen-bond acceptors (Lipinski definition) is 6. The van der Waals surface area contributed by atoms with Crippen LogP contribution in [0.5, 0.6) is 17.2 Å². The molecule has 0 bridgehead atoms. The van der Waals surface area contributed by atoms with Gasteiger partial charge in [0.05, 0.1) is 12.6 Å². The number of carbonyl (C=O) groups excluding carboxylic acids is 3. The maximum atomic E-state index is 12.9. The summed E-state index contributed by atoms with van der Waals surface area (Å²) in [5.41, 5.74) is 1.32. The number of esters is 2. The lowest BCUT2D eigenvalue weighted by Crippen LogP contribution is -2.12. The molecule has 0 aliphatic rings. The van der Waals surface area contributed by atoms with Gasteiger partial charge in [-0.25, -0.2) is 4.79 Å². The van der Waals surface area contributed by atoms with Crippen molar-refractivity contribution in [1.82, 2.24) is 4.57 Å². The molecule has 0 spiro atoms. The van der Waals surface area contributed by atoms with Crippen molar-refractivity contribution in [3.8, 4) is 17.2 Å². The maximum Gasteiger partial charge on any atom is 0.347 e. The van der Waals surface area contributed by atoms with Gasteiger partial charge in [0.15, 0.2) is 0 Å². The number of ether oxygens (including phenoxy) is 3. The lowest BCUT2D eigenvalue weighted by atomic mass is 10.2. The van der Waals surface area contributed by atoms with Crippen molar-refractivity contribution < 1.29 is 28.6 Å². The summed E-state index contributed by atoms with van der Waals surface area (Å²) in [7, 11) is 1.57. The Morgan fingerprint density at radius 2 is 1.53 bits per heavy atom. The molecule has 160 valence electrons. The van der Waals surface area contributed by atoms with Gasteiger partial charge < -0.3 is 14.2 Å². The van der Waals surface area contributed by atoms with Crippen LogP contribution in [0.2, 0.25) is 0 Å². The second-order valence-electron chi connectivity index (χ2n) is 6.92. The Morgan fingerprint density at radius 3 is 2.25 bits per heavy atom. The molecular formula is C25H19NO6. The number of para-hydroxylation sites is 1. The Hall–Kier alpha value is -4.39. The molecule has 0 aliphatic carbocycles. The van der Waals surface area contributed by atoms with Crippen molar-refractivity contribution in [3.05, 3.63) is 90.1 Å². The number of nitrogens with zero attached hydrogens (tertiary/aromatic N) is 1. The topological polar surface area (TPSA) is 83.8 Å². The number of fused-ring (bicyclic) bond motifs is 1. The second kappa shape index (κ2) is 8.77. The van der Waals surface area contributed by atoms with E-state index in [1.54, 1.807) is 74.0 Å². The molecule has 0 N–H and O–H groups in total. The minimum atomic E-state index is -0.657. The highest BCUT2D eigenvalue weighted by Crippen LogP contribution is 2.26. The minimum absolute atomic E-state index is 0.127. The summed E-state index contributed by atoms with van der Waals surface area (Å²) < 4.78 is 17.2. The van der Waals surface area contributed by atoms with Gasteiger partial charge in [-0.15, -0.1) is 0 Å². The summed E-state index contributed by atoms with van der Waals surface area (Å²) >= 11 is 0. The summed E-state index contributed by atoms with van der Waals surface area (Å²) in [5, 5.41) is 0.727. The van der Waals surface area contributed by atoms with Gasteiger partial charge in [-0.1, -0.05) is 12.1 Å². The first-order valence-electron chi connectivity index (χ1n) is 9.76. The van der Waals surface area contributed by atoms with Crippen molar-refractivity contribution in [2.24, 2.45) is 0 Å². The van der Waals surface area contributed by atoms with Crippen molar-refractivity contribution >= 4 is 28.7 Å². The van der Waals surface area contributed by atoms with E-state index in [2.05, 4.69) is 0 Å². The van der Waals surface area contributed by atoms with Crippen molar-refractivity contribution in [2.75, 3.05) is 7.11 Å². The van der Waals surface area contributed by atoms with Gasteiger partial charge >= 0.3 is 11.9 Å². The summed E-state index contributed by atoms with van der Waals surface area (Å²) in [5.74, 6) is -0.287. The van der Waals surface area contributed by atoms with Crippen LogP contribution in [0.1, 0.15) is 27.6 Å². The molecule has 7 heteroatoms. The van der Waals surface area contributed by atoms with Crippen LogP contribution in [0.3, 0.4) is 0 Å². The van der Waals surface area contributed by atoms with E-state index in [-0.39, 0.29) is 17.2 Å². The zero-order valence-electron chi connectivity index (χ0n) is 17.4. The predicted octanol–water partition coefficient (Wildman–Crippen LogP) is 4.48. The van der Waals surface area contributed by atoms with Gasteiger partial charge in [0.25, 0.3) is 5.91 Å². The molecule has 0 saturated heterocycles. The first-order chi connectivity index (χ1) is 15.5. The molecule has 1 aromatic heterocycles. The third-order valence-corrected chi connectivity index (χ3v) is 4.79. The van der Waals surface area contributed by atoms with E-state index in [1.165, 1.54) is 23.6 Å². The van der Waals surface area contributed by atoms with E-state index in [9.17, 15) is 14.4 Å². The number of methoxy groups -OCH3 is 1. The third kappa shape index (κ3) is 4.22. The van der Waals surface area contributed by atoms with E-state index >= 15 is 0 Å². The van der Waals surface area contributed by atoms with Gasteiger partial charge in [0.2, 0.25) is 0 Å². The Kier molecular flexibility index (Phi) is 5.72. The highest BCUT2D eigenvalue weighted by molar-refractivity contribution is 6.02. The van der Waals surface area contributed by atoms with Gasteiger partial charge in [-0.3, -0.25) is 14.2 Å². The zero-order chi connectivity index (χ0) is 22.7. The molecule has 4 aromatic rings. The van der Waals surface area contributed by atoms with E-state index < -0.39 is 11.9 Å². The average Bonchev–Trinajstić information content (AvgIpc) is 3.22. The largest absolute Gasteiger partial charge is 0.497 e. The first-order valence-corrected chi connectivity index (χ1v) is 9.76. The van der Waals surface area contributed by atoms with Gasteiger partial charge in [0, 0.05) is 24.1 Å². The fourth-order valence-corrected chi connectivity index (χ4v) is 3.28. The monoisotopic (exact) mass is 429 g/mol. The van der Waals surface area contributed by atoms with Gasteiger partial charge in [-0.05, 0) is 60.7 Å². The molecule has 0 aliphatic heterocycles. The second-order valence-corrected chi connectivity index (χ2v) is 6.92. The first kappa shape index (κ1) is 20.9. The number of carbonyl (C=O) groups is 3. The zero-order valence-corrected chi connectivity index (χ0v) is 17.4. The van der Waals surface area contributed by atoms with Crippen LogP contribution in [0.4, 0.5) is 0 Å². The highest BCUT2D eigenvalue weighted by atomic mass is 16.5. The Morgan fingerprint density at radius 1 is 0.812 bits per heavy atom. The molecule has 0 atom stereocenters. The fourth-order valence-electron chi connectivity index (χ4n) is 3.28. The normalized spacial score (nSPS) is 10.6. The number of aromatic nitrogens is 1. The van der Waals surface area contributed by atoms with Gasteiger partial charge in [0.1, 0.15) is 22.8 Å². The third-order valence-electron chi connectivity index (χ3n) is 4.79. The summed E-state index contributed by atoms with van der Waals surface area (Å²) in [6.07, 6.45) is 1.67. The predicted molar refractivity (Wildman–Crippen MR) is 117 cm³/mol. The molecule has 32 heavy (non-hydrogen) atoms. The number of benzene rings is 3. The molecular weight excluding hydrogens is 410 g/mol. The SMILES string of the molecule is COc1ccc(C(=O)n2ccc3cc(OC(=O)c4ccccc4OC(C)=O)ccc32)cc1. The van der Waals surface area contributed by atoms with Crippen molar-refractivity contribution in [1.29, 1.82) is 0 Å². The Labute approximate surface area is 183 Å². The number of rotatable bonds is 5. The standard InChI is InChI=1S/C25H19NO6/c1-16(27)31-23-6-4-3-5-21(23)25(29)32-20-11-12-22-18(15-20)13-14-26(22)24(28)17-7-9-19(30-2)10-8-17/h3-15H,1-2H3. The van der Waals surface area contributed by atoms with Crippen molar-refractivity contribution in [3.63, 3.8) is 0 Å². The van der Waals surface area contributed by atoms with Crippen LogP contribution >= 0.6 is 0 Å². The van der Waals surface area contributed by atoms with Crippen LogP contribution in [0.25, 0.3) is 10.9 Å². The average molecular weight is 429 g/mol. The Balaban J connectivity index is 1.57. The molecule has 1 heterocycles. The van der Waals surface area contributed by atoms with Crippen LogP contribution < -0.4 is 14.2 Å². The van der Waals surface area contributed by atoms with E-state index in [1.807, 2.05) is 0 Å². The van der Waals surface area contributed by atoms with Crippen molar-refractivity contribution in [2.45, 2.75) is 6.92 Å². The summed E-state index contributed by atoms with van der Waals surface area (Å²) in [6, 6.07) is 19.9. The van der Waals surface area contributed by atoms with Gasteiger partial charge in [-0.2, -0.15) is 0 Å². The molecule has 4 rings (SSSR count). The van der Waals surface area contributed by atoms with E-state index in [4.69, 9.17) is 14.2 Å². The lowest BCUT2D eigenvalue weighted by Gasteiger charge is -2.09. The van der Waals surface area contributed by atoms with Crippen LogP contribution in [-0.4, -0.2) is 29.5 Å². The quantitative estimate of drug-likeness (QED) is 0.344. The summed E-state index contributed by atoms with van der Waals surface area (Å²) in [6.45, 7) is 1.26. The van der Waals surface area contributed by atoms with E-state index in [0.717, 1.165) is 5.39 Å². The molecule has 0 radical (unpaired) electrons. The fraction of sp³-hybridized carbons (Fsp3) is 0.0800. The number of hydrogen-bond donors (Lipinski definition) is 0. The van der Waals surface area contributed by atoms with E-state index in [0.29, 0.717) is 22.6 Å². The molecule has 7 nitrogen and oxygen atoms in total.